The van der Waals surface area contributed by atoms with E-state index in [2.05, 4.69) is 24.0 Å². The van der Waals surface area contributed by atoms with E-state index in [0.717, 1.165) is 6.54 Å². The van der Waals surface area contributed by atoms with Gasteiger partial charge in [-0.1, -0.05) is 4.13 Å². The number of hydrogen-bond donors (Lipinski definition) is 1. The van der Waals surface area contributed by atoms with Gasteiger partial charge >= 0.3 is 31.1 Å². The molecule has 0 spiro atoms. The summed E-state index contributed by atoms with van der Waals surface area (Å²) < 4.78 is 112. The highest BCUT2D eigenvalue weighted by Gasteiger charge is 2.55. The van der Waals surface area contributed by atoms with E-state index in [1.54, 1.807) is 0 Å². The summed E-state index contributed by atoms with van der Waals surface area (Å²) in [5.74, 6) is 0. The molecule has 0 saturated heterocycles. The number of nitrogens with one attached hydrogen (secondary N) is 1. The van der Waals surface area contributed by atoms with Gasteiger partial charge in [0.05, 0.1) is 13.6 Å². The minimum Gasteiger partial charge on any atom is -0.240 e. The summed E-state index contributed by atoms with van der Waals surface area (Å²) in [7, 11) is -11.2. The maximum absolute atomic E-state index is 11.5. The van der Waals surface area contributed by atoms with Gasteiger partial charge in [-0.15, -0.1) is 0 Å². The van der Waals surface area contributed by atoms with Crippen LogP contribution in [-0.2, 0) is 33.6 Å². The Bertz CT molecular complexity index is 678. The molecule has 0 fully saturated rings. The van der Waals surface area contributed by atoms with Crippen LogP contribution in [0.3, 0.4) is 0 Å². The second-order valence-electron chi connectivity index (χ2n) is 3.89. The van der Waals surface area contributed by atoms with Crippen molar-refractivity contribution in [1.82, 2.24) is 8.69 Å². The molecule has 136 valence electrons. The smallest absolute Gasteiger partial charge is 0.240 e. The number of alkyl halides is 6. The van der Waals surface area contributed by atoms with E-state index in [1.165, 1.54) is 0 Å². The zero-order valence-corrected chi connectivity index (χ0v) is 13.2. The van der Waals surface area contributed by atoms with Gasteiger partial charge in [0.1, 0.15) is 12.4 Å². The lowest BCUT2D eigenvalue weighted by Crippen LogP contribution is -2.45. The fourth-order valence-corrected chi connectivity index (χ4v) is 2.84. The lowest BCUT2D eigenvalue weighted by molar-refractivity contribution is -0.671. The highest BCUT2D eigenvalue weighted by molar-refractivity contribution is 8.05. The number of hydrogen-bond acceptors (Lipinski definition) is 4. The molecule has 0 aliphatic heterocycles. The molecule has 23 heavy (non-hydrogen) atoms. The summed E-state index contributed by atoms with van der Waals surface area (Å²) in [6.45, 7) is 3.18. The van der Waals surface area contributed by atoms with Crippen molar-refractivity contribution in [2.45, 2.75) is 24.5 Å². The van der Waals surface area contributed by atoms with Gasteiger partial charge in [0.25, 0.3) is 0 Å². The van der Waals surface area contributed by atoms with Crippen molar-refractivity contribution >= 4 is 20.0 Å². The second-order valence-corrected chi connectivity index (χ2v) is 7.50. The van der Waals surface area contributed by atoms with Crippen LogP contribution >= 0.6 is 0 Å². The summed E-state index contributed by atoms with van der Waals surface area (Å²) in [6, 6.07) is 0. The van der Waals surface area contributed by atoms with Crippen molar-refractivity contribution in [3.8, 4) is 0 Å². The van der Waals surface area contributed by atoms with Crippen LogP contribution in [0.15, 0.2) is 18.7 Å². The van der Waals surface area contributed by atoms with Crippen LogP contribution in [0.4, 0.5) is 26.3 Å². The molecule has 0 saturated carbocycles. The highest BCUT2D eigenvalue weighted by Crippen LogP contribution is 2.27. The van der Waals surface area contributed by atoms with E-state index < -0.39 is 35.2 Å². The molecule has 0 unspecified atom stereocenters. The van der Waals surface area contributed by atoms with Crippen molar-refractivity contribution in [2.75, 3.05) is 0 Å². The Morgan fingerprint density at radius 1 is 1.00 bits per heavy atom. The molecule has 0 atom stereocenters. The van der Waals surface area contributed by atoms with E-state index in [-0.39, 0.29) is 0 Å². The van der Waals surface area contributed by atoms with Gasteiger partial charge in [-0.3, -0.25) is 0 Å². The van der Waals surface area contributed by atoms with Crippen LogP contribution in [0.5, 0.6) is 0 Å². The van der Waals surface area contributed by atoms with Gasteiger partial charge in [-0.05, 0) is 6.92 Å². The summed E-state index contributed by atoms with van der Waals surface area (Å²) >= 11 is 0. The molecule has 1 heterocycles. The normalized spacial score (nSPS) is 13.4. The van der Waals surface area contributed by atoms with Crippen LogP contribution in [0.1, 0.15) is 6.92 Å². The minimum atomic E-state index is -6.60. The van der Waals surface area contributed by atoms with Gasteiger partial charge in [0.15, 0.2) is 0 Å². The van der Waals surface area contributed by atoms with Crippen molar-refractivity contribution in [3.05, 3.63) is 18.7 Å². The summed E-state index contributed by atoms with van der Waals surface area (Å²) in [4.78, 5) is 0. The molecule has 0 amide bonds. The summed E-state index contributed by atoms with van der Waals surface area (Å²) in [5.41, 5.74) is -12.3. The molecule has 0 bridgehead atoms. The van der Waals surface area contributed by atoms with Crippen molar-refractivity contribution in [1.29, 1.82) is 0 Å². The van der Waals surface area contributed by atoms with Crippen LogP contribution in [0.2, 0.25) is 0 Å². The van der Waals surface area contributed by atoms with E-state index in [9.17, 15) is 43.2 Å². The predicted molar refractivity (Wildman–Crippen MR) is 64.4 cm³/mol. The molecule has 0 radical (unpaired) electrons. The second kappa shape index (κ2) is 7.04. The lowest BCUT2D eigenvalue weighted by Gasteiger charge is -2.11. The molecule has 15 heteroatoms. The van der Waals surface area contributed by atoms with Crippen molar-refractivity contribution in [2.24, 2.45) is 7.05 Å². The molecule has 7 nitrogen and oxygen atoms in total. The third-order valence-electron chi connectivity index (χ3n) is 2.02. The molecule has 1 rings (SSSR count). The first-order valence-electron chi connectivity index (χ1n) is 5.45. The monoisotopic (exact) mass is 392 g/mol. The van der Waals surface area contributed by atoms with Crippen molar-refractivity contribution in [3.63, 3.8) is 0 Å². The maximum Gasteiger partial charge on any atom is 0.512 e. The largest absolute Gasteiger partial charge is 0.512 e. The van der Waals surface area contributed by atoms with Gasteiger partial charge in [-0.25, -0.2) is 26.0 Å². The molecule has 0 aliphatic rings. The first-order chi connectivity index (χ1) is 10.0. The summed E-state index contributed by atoms with van der Waals surface area (Å²) in [6.07, 6.45) is 6.14. The average Bonchev–Trinajstić information content (AvgIpc) is 2.71. The Balaban J connectivity index is 0.000000502. The van der Waals surface area contributed by atoms with Crippen LogP contribution in [0, 0.1) is 0 Å². The third-order valence-corrected chi connectivity index (χ3v) is 4.99. The Hall–Kier alpha value is -1.35. The first-order valence-corrected chi connectivity index (χ1v) is 8.42. The van der Waals surface area contributed by atoms with Crippen LogP contribution < -0.4 is 8.69 Å². The number of rotatable bonds is 3. The number of aryl methyl sites for hydroxylation is 2. The van der Waals surface area contributed by atoms with E-state index >= 15 is 0 Å². The predicted octanol–water partition coefficient (Wildman–Crippen LogP) is 0.608. The summed E-state index contributed by atoms with van der Waals surface area (Å²) in [5, 5.41) is 0. The lowest BCUT2D eigenvalue weighted by atomic mass is 10.7. The Labute approximate surface area is 127 Å². The Morgan fingerprint density at radius 2 is 1.39 bits per heavy atom. The SMILES string of the molecule is CCn1cc[n+](C)c1.O=S(=O)(NS(=O)(=O)C(F)(F)F)C(F)(F)F. The topological polar surface area (TPSA) is 89.1 Å². The van der Waals surface area contributed by atoms with E-state index in [1.807, 2.05) is 17.8 Å². The Morgan fingerprint density at radius 3 is 1.57 bits per heavy atom. The van der Waals surface area contributed by atoms with Crippen molar-refractivity contribution < 1.29 is 47.7 Å². The fraction of sp³-hybridized carbons (Fsp3) is 0.625. The fourth-order valence-electron chi connectivity index (χ4n) is 0.928. The maximum atomic E-state index is 11.5. The quantitative estimate of drug-likeness (QED) is 0.603. The molecular weight excluding hydrogens is 380 g/mol. The zero-order chi connectivity index (χ0) is 18.7. The zero-order valence-electron chi connectivity index (χ0n) is 11.6. The number of imidazole rings is 1. The van der Waals surface area contributed by atoms with Gasteiger partial charge in [0, 0.05) is 0 Å². The van der Waals surface area contributed by atoms with Gasteiger partial charge in [-0.2, -0.15) is 26.3 Å². The van der Waals surface area contributed by atoms with Gasteiger partial charge in [0.2, 0.25) is 6.33 Å². The highest BCUT2D eigenvalue weighted by atomic mass is 32.3. The minimum absolute atomic E-state index is 0.493. The standard InChI is InChI=1S/C6H11N2.C2HF6NO4S2/c1-3-8-5-4-7(2)6-8;3-1(4,5)14(10,11)9-15(12,13)2(6,7)8/h4-6H,3H2,1-2H3;9H/q+1;. The molecule has 0 aromatic carbocycles. The molecule has 1 aromatic rings. The number of aromatic nitrogens is 2. The van der Waals surface area contributed by atoms with Gasteiger partial charge < -0.3 is 0 Å². The number of nitrogens with zero attached hydrogens (tertiary/aromatic N) is 2. The molecule has 0 aliphatic carbocycles. The molecule has 1 N–H and O–H groups in total. The first kappa shape index (κ1) is 21.6. The number of sulfonamides is 2. The average molecular weight is 392 g/mol. The van der Waals surface area contributed by atoms with Crippen LogP contribution in [0.25, 0.3) is 0 Å². The molecule has 1 aromatic heterocycles. The molecular formula is C8H12F6N3O4S2+. The van der Waals surface area contributed by atoms with Crippen LogP contribution in [-0.4, -0.2) is 32.4 Å². The third kappa shape index (κ3) is 6.34. The number of halogens is 6. The Kier molecular flexibility index (Phi) is 6.63. The van der Waals surface area contributed by atoms with E-state index in [0.29, 0.717) is 0 Å². The van der Waals surface area contributed by atoms with E-state index in [4.69, 9.17) is 0 Å².